The first-order valence-electron chi connectivity index (χ1n) is 8.09. The number of aliphatic carboxylic acids is 1. The molecule has 2 atom stereocenters. The number of halogens is 2. The van der Waals surface area contributed by atoms with Crippen molar-refractivity contribution in [1.82, 2.24) is 4.90 Å². The molecule has 128 valence electrons. The van der Waals surface area contributed by atoms with E-state index in [4.69, 9.17) is 11.6 Å². The molecule has 1 heterocycles. The standard InChI is InChI=1S/C19H15ClFNO3/c20-13-6-3-7-14(21)16(13)17-15(19(24)25)11-4-1-2-5-12(11)18(23)22(17)10-8-9-10/h1-7,10,15,17H,8-9H2,(H,24,25). The number of carboxylic acid groups (broad SMARTS) is 1. The second-order valence-corrected chi connectivity index (χ2v) is 6.83. The average Bonchev–Trinajstić information content (AvgIpc) is 3.39. The first-order chi connectivity index (χ1) is 12.0. The first kappa shape index (κ1) is 16.1. The van der Waals surface area contributed by atoms with Gasteiger partial charge in [-0.1, -0.05) is 35.9 Å². The van der Waals surface area contributed by atoms with Gasteiger partial charge in [0.05, 0.1) is 6.04 Å². The summed E-state index contributed by atoms with van der Waals surface area (Å²) in [5.41, 5.74) is 0.845. The predicted molar refractivity (Wildman–Crippen MR) is 90.2 cm³/mol. The summed E-state index contributed by atoms with van der Waals surface area (Å²) in [4.78, 5) is 26.7. The summed E-state index contributed by atoms with van der Waals surface area (Å²) in [6, 6.07) is 9.85. The smallest absolute Gasteiger partial charge is 0.313 e. The molecular weight excluding hydrogens is 345 g/mol. The zero-order valence-electron chi connectivity index (χ0n) is 13.2. The number of carboxylic acids is 1. The van der Waals surface area contributed by atoms with Gasteiger partial charge in [-0.25, -0.2) is 4.39 Å². The van der Waals surface area contributed by atoms with Crippen LogP contribution in [0.15, 0.2) is 42.5 Å². The van der Waals surface area contributed by atoms with E-state index in [-0.39, 0.29) is 22.5 Å². The van der Waals surface area contributed by atoms with Gasteiger partial charge in [-0.2, -0.15) is 0 Å². The largest absolute Gasteiger partial charge is 0.481 e. The van der Waals surface area contributed by atoms with Crippen LogP contribution in [0.4, 0.5) is 4.39 Å². The number of rotatable bonds is 3. The molecule has 0 saturated heterocycles. The van der Waals surface area contributed by atoms with Gasteiger partial charge >= 0.3 is 5.97 Å². The molecule has 4 nitrogen and oxygen atoms in total. The van der Waals surface area contributed by atoms with Gasteiger partial charge in [0.15, 0.2) is 0 Å². The molecule has 2 aromatic carbocycles. The van der Waals surface area contributed by atoms with Crippen molar-refractivity contribution in [1.29, 1.82) is 0 Å². The monoisotopic (exact) mass is 359 g/mol. The highest BCUT2D eigenvalue weighted by Crippen LogP contribution is 2.49. The number of benzene rings is 2. The number of hydrogen-bond donors (Lipinski definition) is 1. The Morgan fingerprint density at radius 2 is 1.88 bits per heavy atom. The van der Waals surface area contributed by atoms with Crippen LogP contribution in [-0.2, 0) is 4.79 Å². The molecule has 0 bridgehead atoms. The fourth-order valence-electron chi connectivity index (χ4n) is 3.67. The third kappa shape index (κ3) is 2.50. The zero-order chi connectivity index (χ0) is 17.7. The summed E-state index contributed by atoms with van der Waals surface area (Å²) >= 11 is 6.23. The zero-order valence-corrected chi connectivity index (χ0v) is 13.9. The van der Waals surface area contributed by atoms with Gasteiger partial charge < -0.3 is 10.0 Å². The number of nitrogens with zero attached hydrogens (tertiary/aromatic N) is 1. The molecule has 0 radical (unpaired) electrons. The van der Waals surface area contributed by atoms with E-state index in [2.05, 4.69) is 0 Å². The second-order valence-electron chi connectivity index (χ2n) is 6.43. The molecule has 0 aromatic heterocycles. The molecule has 4 rings (SSSR count). The maximum absolute atomic E-state index is 14.6. The molecule has 2 unspecified atom stereocenters. The molecule has 1 aliphatic heterocycles. The molecule has 2 aliphatic rings. The van der Waals surface area contributed by atoms with Gasteiger partial charge in [0.25, 0.3) is 5.91 Å². The van der Waals surface area contributed by atoms with Crippen molar-refractivity contribution in [3.8, 4) is 0 Å². The summed E-state index contributed by atoms with van der Waals surface area (Å²) in [6.07, 6.45) is 1.56. The van der Waals surface area contributed by atoms with Crippen molar-refractivity contribution in [2.45, 2.75) is 30.8 Å². The summed E-state index contributed by atoms with van der Waals surface area (Å²) in [6.45, 7) is 0. The topological polar surface area (TPSA) is 57.6 Å². The van der Waals surface area contributed by atoms with Crippen LogP contribution in [0.5, 0.6) is 0 Å². The SMILES string of the molecule is O=C(O)C1c2ccccc2C(=O)N(C2CC2)C1c1c(F)cccc1Cl. The number of carbonyl (C=O) groups is 2. The van der Waals surface area contributed by atoms with E-state index in [0.717, 1.165) is 12.8 Å². The third-order valence-corrected chi connectivity index (χ3v) is 5.21. The second kappa shape index (κ2) is 5.85. The van der Waals surface area contributed by atoms with Crippen LogP contribution in [0.1, 0.15) is 46.3 Å². The molecule has 0 spiro atoms. The van der Waals surface area contributed by atoms with Crippen LogP contribution in [0.2, 0.25) is 5.02 Å². The molecule has 1 amide bonds. The van der Waals surface area contributed by atoms with E-state index in [9.17, 15) is 19.1 Å². The molecule has 1 saturated carbocycles. The van der Waals surface area contributed by atoms with E-state index >= 15 is 0 Å². The van der Waals surface area contributed by atoms with E-state index in [1.54, 1.807) is 24.3 Å². The Labute approximate surface area is 148 Å². The number of amides is 1. The van der Waals surface area contributed by atoms with Crippen LogP contribution in [0.25, 0.3) is 0 Å². The summed E-state index contributed by atoms with van der Waals surface area (Å²) in [5, 5.41) is 10.0. The maximum Gasteiger partial charge on any atom is 0.313 e. The van der Waals surface area contributed by atoms with Gasteiger partial charge in [0.1, 0.15) is 11.7 Å². The van der Waals surface area contributed by atoms with Crippen LogP contribution < -0.4 is 0 Å². The van der Waals surface area contributed by atoms with Crippen molar-refractivity contribution in [3.05, 3.63) is 70.0 Å². The first-order valence-corrected chi connectivity index (χ1v) is 8.47. The van der Waals surface area contributed by atoms with E-state index < -0.39 is 23.7 Å². The Morgan fingerprint density at radius 3 is 2.52 bits per heavy atom. The minimum atomic E-state index is -1.10. The highest BCUT2D eigenvalue weighted by molar-refractivity contribution is 6.31. The van der Waals surface area contributed by atoms with Crippen molar-refractivity contribution < 1.29 is 19.1 Å². The Bertz CT molecular complexity index is 860. The molecule has 1 fully saturated rings. The summed E-state index contributed by atoms with van der Waals surface area (Å²) in [5.74, 6) is -3.03. The summed E-state index contributed by atoms with van der Waals surface area (Å²) < 4.78 is 14.6. The van der Waals surface area contributed by atoms with E-state index in [1.165, 1.54) is 23.1 Å². The summed E-state index contributed by atoms with van der Waals surface area (Å²) in [7, 11) is 0. The van der Waals surface area contributed by atoms with Gasteiger partial charge in [-0.15, -0.1) is 0 Å². The highest BCUT2D eigenvalue weighted by atomic mass is 35.5. The Morgan fingerprint density at radius 1 is 1.16 bits per heavy atom. The number of fused-ring (bicyclic) bond motifs is 1. The predicted octanol–water partition coefficient (Wildman–Crippen LogP) is 4.01. The van der Waals surface area contributed by atoms with Gasteiger partial charge in [-0.3, -0.25) is 9.59 Å². The molecular formula is C19H15ClFNO3. The lowest BCUT2D eigenvalue weighted by atomic mass is 9.79. The van der Waals surface area contributed by atoms with Crippen LogP contribution >= 0.6 is 11.6 Å². The Balaban J connectivity index is 1.99. The fourth-order valence-corrected chi connectivity index (χ4v) is 3.95. The van der Waals surface area contributed by atoms with Crippen molar-refractivity contribution in [3.63, 3.8) is 0 Å². The van der Waals surface area contributed by atoms with Crippen molar-refractivity contribution >= 4 is 23.5 Å². The molecule has 6 heteroatoms. The highest BCUT2D eigenvalue weighted by Gasteiger charge is 2.50. The normalized spacial score (nSPS) is 22.6. The van der Waals surface area contributed by atoms with Crippen molar-refractivity contribution in [2.75, 3.05) is 0 Å². The minimum Gasteiger partial charge on any atom is -0.481 e. The molecule has 1 N–H and O–H groups in total. The third-order valence-electron chi connectivity index (χ3n) is 4.88. The Kier molecular flexibility index (Phi) is 3.76. The van der Waals surface area contributed by atoms with Crippen LogP contribution in [0.3, 0.4) is 0 Å². The van der Waals surface area contributed by atoms with Crippen molar-refractivity contribution in [2.24, 2.45) is 0 Å². The maximum atomic E-state index is 14.6. The fraction of sp³-hybridized carbons (Fsp3) is 0.263. The lowest BCUT2D eigenvalue weighted by Gasteiger charge is -2.41. The number of hydrogen-bond acceptors (Lipinski definition) is 2. The van der Waals surface area contributed by atoms with E-state index in [1.807, 2.05) is 0 Å². The molecule has 1 aliphatic carbocycles. The van der Waals surface area contributed by atoms with Crippen LogP contribution in [0, 0.1) is 5.82 Å². The average molecular weight is 360 g/mol. The lowest BCUT2D eigenvalue weighted by Crippen LogP contribution is -2.46. The van der Waals surface area contributed by atoms with Gasteiger partial charge in [-0.05, 0) is 36.6 Å². The number of carbonyl (C=O) groups excluding carboxylic acids is 1. The lowest BCUT2D eigenvalue weighted by molar-refractivity contribution is -0.140. The van der Waals surface area contributed by atoms with E-state index in [0.29, 0.717) is 11.1 Å². The van der Waals surface area contributed by atoms with Gasteiger partial charge in [0.2, 0.25) is 0 Å². The minimum absolute atomic E-state index is 0.0753. The molecule has 2 aromatic rings. The Hall–Kier alpha value is -2.40. The van der Waals surface area contributed by atoms with Gasteiger partial charge in [0, 0.05) is 22.2 Å². The van der Waals surface area contributed by atoms with Crippen LogP contribution in [-0.4, -0.2) is 27.9 Å². The quantitative estimate of drug-likeness (QED) is 0.900. The molecule has 25 heavy (non-hydrogen) atoms.